The van der Waals surface area contributed by atoms with Crippen LogP contribution < -0.4 is 10.6 Å². The highest BCUT2D eigenvalue weighted by Gasteiger charge is 2.33. The molecule has 9 heteroatoms. The number of hydrogen-bond donors (Lipinski definition) is 2. The Balaban J connectivity index is 1.40. The standard InChI is InChI=1S/C18H24N4O4S/c1-12-15-10-14(4-5-16(15)20-18(12)24)27(25,26)22-8-6-21(7-9-22)11-17(23)19-13-2-3-13/h4-5,10,12-13H,2-3,6-9,11H2,1H3,(H,19,23)(H,20,24). The lowest BCUT2D eigenvalue weighted by atomic mass is 10.0. The maximum absolute atomic E-state index is 13.0. The molecule has 0 spiro atoms. The van der Waals surface area contributed by atoms with Crippen molar-refractivity contribution in [2.75, 3.05) is 38.0 Å². The molecule has 1 saturated carbocycles. The number of amides is 2. The van der Waals surface area contributed by atoms with Crippen molar-refractivity contribution in [3.8, 4) is 0 Å². The zero-order valence-electron chi connectivity index (χ0n) is 15.3. The van der Waals surface area contributed by atoms with E-state index in [0.717, 1.165) is 18.4 Å². The molecule has 1 unspecified atom stereocenters. The Morgan fingerprint density at radius 2 is 1.93 bits per heavy atom. The number of anilines is 1. The summed E-state index contributed by atoms with van der Waals surface area (Å²) >= 11 is 0. The Labute approximate surface area is 158 Å². The summed E-state index contributed by atoms with van der Waals surface area (Å²) in [5.74, 6) is -0.451. The zero-order chi connectivity index (χ0) is 19.2. The quantitative estimate of drug-likeness (QED) is 0.752. The molecule has 146 valence electrons. The summed E-state index contributed by atoms with van der Waals surface area (Å²) in [6.07, 6.45) is 2.11. The van der Waals surface area contributed by atoms with E-state index < -0.39 is 10.0 Å². The van der Waals surface area contributed by atoms with E-state index in [0.29, 0.717) is 44.5 Å². The van der Waals surface area contributed by atoms with Gasteiger partial charge >= 0.3 is 0 Å². The largest absolute Gasteiger partial charge is 0.352 e. The SMILES string of the molecule is CC1C(=O)Nc2ccc(S(=O)(=O)N3CCN(CC(=O)NC4CC4)CC3)cc21. The molecule has 1 atom stereocenters. The van der Waals surface area contributed by atoms with E-state index >= 15 is 0 Å². The van der Waals surface area contributed by atoms with E-state index in [1.807, 2.05) is 4.90 Å². The molecule has 2 amide bonds. The summed E-state index contributed by atoms with van der Waals surface area (Å²) < 4.78 is 27.4. The highest BCUT2D eigenvalue weighted by atomic mass is 32.2. The number of piperazine rings is 1. The second-order valence-electron chi connectivity index (χ2n) is 7.48. The molecule has 2 aliphatic heterocycles. The van der Waals surface area contributed by atoms with Crippen LogP contribution in [0.1, 0.15) is 31.2 Å². The van der Waals surface area contributed by atoms with Crippen molar-refractivity contribution >= 4 is 27.5 Å². The van der Waals surface area contributed by atoms with Gasteiger partial charge in [-0.15, -0.1) is 0 Å². The first-order chi connectivity index (χ1) is 12.8. The van der Waals surface area contributed by atoms with E-state index in [9.17, 15) is 18.0 Å². The second kappa shape index (κ2) is 6.88. The Bertz CT molecular complexity index is 873. The van der Waals surface area contributed by atoms with Crippen LogP contribution in [0.5, 0.6) is 0 Å². The molecule has 1 aliphatic carbocycles. The first-order valence-electron chi connectivity index (χ1n) is 9.31. The molecule has 1 saturated heterocycles. The predicted molar refractivity (Wildman–Crippen MR) is 99.9 cm³/mol. The third kappa shape index (κ3) is 3.71. The van der Waals surface area contributed by atoms with E-state index in [1.54, 1.807) is 25.1 Å². The van der Waals surface area contributed by atoms with E-state index in [1.165, 1.54) is 4.31 Å². The molecule has 8 nitrogen and oxygen atoms in total. The number of hydrogen-bond acceptors (Lipinski definition) is 5. The third-order valence-corrected chi connectivity index (χ3v) is 7.31. The van der Waals surface area contributed by atoms with Gasteiger partial charge in [0.15, 0.2) is 0 Å². The van der Waals surface area contributed by atoms with Crippen LogP contribution in [0.3, 0.4) is 0 Å². The van der Waals surface area contributed by atoms with Crippen molar-refractivity contribution in [2.24, 2.45) is 0 Å². The molecule has 1 aromatic carbocycles. The summed E-state index contributed by atoms with van der Waals surface area (Å²) in [5.41, 5.74) is 1.40. The minimum atomic E-state index is -3.62. The molecule has 4 rings (SSSR count). The van der Waals surface area contributed by atoms with Gasteiger partial charge in [-0.25, -0.2) is 8.42 Å². The van der Waals surface area contributed by atoms with Gasteiger partial charge in [0.2, 0.25) is 21.8 Å². The summed E-state index contributed by atoms with van der Waals surface area (Å²) in [7, 11) is -3.62. The Kier molecular flexibility index (Phi) is 4.69. The van der Waals surface area contributed by atoms with Crippen LogP contribution in [0.25, 0.3) is 0 Å². The summed E-state index contributed by atoms with van der Waals surface area (Å²) in [6, 6.07) is 5.13. The van der Waals surface area contributed by atoms with Crippen LogP contribution in [-0.4, -0.2) is 68.2 Å². The van der Waals surface area contributed by atoms with Crippen LogP contribution >= 0.6 is 0 Å². The molecule has 27 heavy (non-hydrogen) atoms. The molecular formula is C18H24N4O4S. The number of carbonyl (C=O) groups excluding carboxylic acids is 2. The molecule has 2 fully saturated rings. The van der Waals surface area contributed by atoms with Gasteiger partial charge in [-0.3, -0.25) is 14.5 Å². The monoisotopic (exact) mass is 392 g/mol. The van der Waals surface area contributed by atoms with E-state index in [2.05, 4.69) is 10.6 Å². The number of fused-ring (bicyclic) bond motifs is 1. The lowest BCUT2D eigenvalue weighted by Crippen LogP contribution is -2.51. The molecule has 3 aliphatic rings. The van der Waals surface area contributed by atoms with E-state index in [-0.39, 0.29) is 22.6 Å². The fourth-order valence-electron chi connectivity index (χ4n) is 3.54. The van der Waals surface area contributed by atoms with Crippen molar-refractivity contribution in [1.29, 1.82) is 0 Å². The molecule has 1 aromatic rings. The number of rotatable bonds is 5. The lowest BCUT2D eigenvalue weighted by molar-refractivity contribution is -0.122. The molecular weight excluding hydrogens is 368 g/mol. The smallest absolute Gasteiger partial charge is 0.243 e. The fraction of sp³-hybridized carbons (Fsp3) is 0.556. The van der Waals surface area contributed by atoms with Crippen LogP contribution in [0.2, 0.25) is 0 Å². The lowest BCUT2D eigenvalue weighted by Gasteiger charge is -2.33. The van der Waals surface area contributed by atoms with Gasteiger partial charge in [-0.05, 0) is 43.5 Å². The summed E-state index contributed by atoms with van der Waals surface area (Å²) in [4.78, 5) is 25.9. The molecule has 2 heterocycles. The van der Waals surface area contributed by atoms with Crippen LogP contribution in [-0.2, 0) is 19.6 Å². The number of carbonyl (C=O) groups is 2. The first-order valence-corrected chi connectivity index (χ1v) is 10.8. The van der Waals surface area contributed by atoms with E-state index in [4.69, 9.17) is 0 Å². The van der Waals surface area contributed by atoms with Gasteiger partial charge in [0.05, 0.1) is 17.4 Å². The minimum Gasteiger partial charge on any atom is -0.352 e. The van der Waals surface area contributed by atoms with Gasteiger partial charge in [0.25, 0.3) is 0 Å². The minimum absolute atomic E-state index is 0.0126. The normalized spacial score (nSPS) is 23.7. The topological polar surface area (TPSA) is 98.8 Å². The summed E-state index contributed by atoms with van der Waals surface area (Å²) in [6.45, 7) is 3.83. The highest BCUT2D eigenvalue weighted by Crippen LogP contribution is 2.34. The maximum atomic E-state index is 13.0. The van der Waals surface area contributed by atoms with Crippen molar-refractivity contribution < 1.29 is 18.0 Å². The maximum Gasteiger partial charge on any atom is 0.243 e. The van der Waals surface area contributed by atoms with Gasteiger partial charge in [-0.1, -0.05) is 0 Å². The number of sulfonamides is 1. The highest BCUT2D eigenvalue weighted by molar-refractivity contribution is 7.89. The van der Waals surface area contributed by atoms with Crippen LogP contribution in [0, 0.1) is 0 Å². The van der Waals surface area contributed by atoms with Gasteiger partial charge in [-0.2, -0.15) is 4.31 Å². The number of benzene rings is 1. The van der Waals surface area contributed by atoms with Crippen molar-refractivity contribution in [3.05, 3.63) is 23.8 Å². The van der Waals surface area contributed by atoms with Crippen molar-refractivity contribution in [1.82, 2.24) is 14.5 Å². The van der Waals surface area contributed by atoms with Crippen molar-refractivity contribution in [2.45, 2.75) is 36.6 Å². The molecule has 0 bridgehead atoms. The Morgan fingerprint density at radius 3 is 2.59 bits per heavy atom. The zero-order valence-corrected chi connectivity index (χ0v) is 16.1. The predicted octanol–water partition coefficient (Wildman–Crippen LogP) is 0.327. The van der Waals surface area contributed by atoms with Gasteiger partial charge in [0, 0.05) is 37.9 Å². The van der Waals surface area contributed by atoms with Crippen LogP contribution in [0.15, 0.2) is 23.1 Å². The molecule has 0 aromatic heterocycles. The Morgan fingerprint density at radius 1 is 1.22 bits per heavy atom. The molecule has 0 radical (unpaired) electrons. The average molecular weight is 392 g/mol. The summed E-state index contributed by atoms with van der Waals surface area (Å²) in [5, 5.41) is 5.71. The average Bonchev–Trinajstić information content (AvgIpc) is 3.40. The van der Waals surface area contributed by atoms with Gasteiger partial charge < -0.3 is 10.6 Å². The Hall–Kier alpha value is -1.97. The second-order valence-corrected chi connectivity index (χ2v) is 9.42. The van der Waals surface area contributed by atoms with Gasteiger partial charge in [0.1, 0.15) is 0 Å². The van der Waals surface area contributed by atoms with Crippen LogP contribution in [0.4, 0.5) is 5.69 Å². The fourth-order valence-corrected chi connectivity index (χ4v) is 4.99. The van der Waals surface area contributed by atoms with Crippen molar-refractivity contribution in [3.63, 3.8) is 0 Å². The number of nitrogens with zero attached hydrogens (tertiary/aromatic N) is 2. The number of nitrogens with one attached hydrogen (secondary N) is 2. The molecule has 2 N–H and O–H groups in total. The first kappa shape index (κ1) is 18.4. The third-order valence-electron chi connectivity index (χ3n) is 5.42.